The summed E-state index contributed by atoms with van der Waals surface area (Å²) in [5.74, 6) is -0.255. The van der Waals surface area contributed by atoms with E-state index < -0.39 is 15.9 Å². The summed E-state index contributed by atoms with van der Waals surface area (Å²) in [4.78, 5) is 26.0. The Morgan fingerprint density at radius 2 is 1.68 bits per heavy atom. The molecule has 0 fully saturated rings. The minimum Gasteiger partial charge on any atom is -0.494 e. The molecule has 0 aliphatic rings. The van der Waals surface area contributed by atoms with Crippen LogP contribution in [0.25, 0.3) is 0 Å². The zero-order chi connectivity index (χ0) is 23.0. The van der Waals surface area contributed by atoms with Crippen molar-refractivity contribution in [2.24, 2.45) is 0 Å². The summed E-state index contributed by atoms with van der Waals surface area (Å²) >= 11 is 6.10. The maximum atomic E-state index is 12.8. The Morgan fingerprint density at radius 3 is 2.26 bits per heavy atom. The standard InChI is InChI=1S/C21H26ClN3O5S/c1-4-25(5-2)20(26)14-23-21(27)18-13-17(11-12-19(18)22)31(28,29)24-15-7-9-16(10-8-15)30-6-3/h7-13,24H,4-6,14H2,1-3H3,(H,23,27). The number of hydrogen-bond donors (Lipinski definition) is 2. The third-order valence-corrected chi connectivity index (χ3v) is 6.14. The Kier molecular flexibility index (Phi) is 8.70. The van der Waals surface area contributed by atoms with E-state index in [4.69, 9.17) is 16.3 Å². The minimum absolute atomic E-state index is 0.0383. The molecule has 168 valence electrons. The second-order valence-electron chi connectivity index (χ2n) is 6.45. The van der Waals surface area contributed by atoms with Crippen molar-refractivity contribution in [2.75, 3.05) is 31.0 Å². The van der Waals surface area contributed by atoms with Gasteiger partial charge in [-0.25, -0.2) is 8.42 Å². The van der Waals surface area contributed by atoms with Gasteiger partial charge in [-0.15, -0.1) is 0 Å². The first-order valence-electron chi connectivity index (χ1n) is 9.83. The summed E-state index contributed by atoms with van der Waals surface area (Å²) in [6.45, 7) is 6.87. The van der Waals surface area contributed by atoms with Gasteiger partial charge >= 0.3 is 0 Å². The van der Waals surface area contributed by atoms with E-state index in [1.807, 2.05) is 20.8 Å². The third-order valence-electron chi connectivity index (χ3n) is 4.43. The smallest absolute Gasteiger partial charge is 0.261 e. The van der Waals surface area contributed by atoms with Crippen LogP contribution < -0.4 is 14.8 Å². The molecule has 2 aromatic carbocycles. The first-order valence-corrected chi connectivity index (χ1v) is 11.7. The molecule has 0 spiro atoms. The quantitative estimate of drug-likeness (QED) is 0.558. The average molecular weight is 468 g/mol. The number of anilines is 1. The van der Waals surface area contributed by atoms with Crippen molar-refractivity contribution in [2.45, 2.75) is 25.7 Å². The first kappa shape index (κ1) is 24.5. The van der Waals surface area contributed by atoms with Crippen LogP contribution in [-0.4, -0.2) is 51.4 Å². The van der Waals surface area contributed by atoms with Gasteiger partial charge in [0.15, 0.2) is 0 Å². The van der Waals surface area contributed by atoms with Crippen molar-refractivity contribution < 1.29 is 22.7 Å². The number of rotatable bonds is 10. The molecule has 2 amide bonds. The highest BCUT2D eigenvalue weighted by Crippen LogP contribution is 2.23. The summed E-state index contributed by atoms with van der Waals surface area (Å²) < 4.78 is 33.3. The van der Waals surface area contributed by atoms with E-state index in [9.17, 15) is 18.0 Å². The summed E-state index contributed by atoms with van der Waals surface area (Å²) in [6.07, 6.45) is 0. The molecule has 10 heteroatoms. The molecule has 2 rings (SSSR count). The predicted octanol–water partition coefficient (Wildman–Crippen LogP) is 3.14. The van der Waals surface area contributed by atoms with Gasteiger partial charge in [0, 0.05) is 18.8 Å². The second kappa shape index (κ2) is 11.0. The lowest BCUT2D eigenvalue weighted by Gasteiger charge is -2.18. The van der Waals surface area contributed by atoms with Crippen LogP contribution in [0.2, 0.25) is 5.02 Å². The van der Waals surface area contributed by atoms with Crippen molar-refractivity contribution in [3.05, 3.63) is 53.1 Å². The highest BCUT2D eigenvalue weighted by molar-refractivity contribution is 7.92. The second-order valence-corrected chi connectivity index (χ2v) is 8.54. The lowest BCUT2D eigenvalue weighted by molar-refractivity contribution is -0.129. The Labute approximate surface area is 187 Å². The van der Waals surface area contributed by atoms with E-state index in [-0.39, 0.29) is 27.9 Å². The Bertz CT molecular complexity index is 1020. The van der Waals surface area contributed by atoms with Crippen LogP contribution in [0.5, 0.6) is 5.75 Å². The highest BCUT2D eigenvalue weighted by Gasteiger charge is 2.20. The zero-order valence-electron chi connectivity index (χ0n) is 17.6. The van der Waals surface area contributed by atoms with Crippen molar-refractivity contribution in [1.82, 2.24) is 10.2 Å². The SMILES string of the molecule is CCOc1ccc(NS(=O)(=O)c2ccc(Cl)c(C(=O)NCC(=O)N(CC)CC)c2)cc1. The molecule has 0 atom stereocenters. The molecular weight excluding hydrogens is 442 g/mol. The van der Waals surface area contributed by atoms with E-state index in [0.717, 1.165) is 0 Å². The number of benzene rings is 2. The van der Waals surface area contributed by atoms with E-state index >= 15 is 0 Å². The average Bonchev–Trinajstić information content (AvgIpc) is 2.74. The number of likely N-dealkylation sites (N-methyl/N-ethyl adjacent to an activating group) is 1. The topological polar surface area (TPSA) is 105 Å². The molecular formula is C21H26ClN3O5S. The van der Waals surface area contributed by atoms with Gasteiger partial charge in [-0.05, 0) is 63.2 Å². The van der Waals surface area contributed by atoms with Crippen LogP contribution in [0.15, 0.2) is 47.4 Å². The highest BCUT2D eigenvalue weighted by atomic mass is 35.5. The van der Waals surface area contributed by atoms with E-state index in [2.05, 4.69) is 10.0 Å². The fraction of sp³-hybridized carbons (Fsp3) is 0.333. The molecule has 0 aromatic heterocycles. The largest absolute Gasteiger partial charge is 0.494 e. The first-order chi connectivity index (χ1) is 14.7. The fourth-order valence-corrected chi connectivity index (χ4v) is 4.07. The van der Waals surface area contributed by atoms with Crippen LogP contribution >= 0.6 is 11.6 Å². The number of halogens is 1. The van der Waals surface area contributed by atoms with Gasteiger partial charge in [-0.2, -0.15) is 0 Å². The summed E-state index contributed by atoms with van der Waals surface area (Å²) in [5, 5.41) is 2.57. The van der Waals surface area contributed by atoms with Crippen LogP contribution in [-0.2, 0) is 14.8 Å². The molecule has 2 N–H and O–H groups in total. The van der Waals surface area contributed by atoms with Crippen molar-refractivity contribution in [3.63, 3.8) is 0 Å². The number of hydrogen-bond acceptors (Lipinski definition) is 5. The van der Waals surface area contributed by atoms with Gasteiger partial charge in [-0.3, -0.25) is 14.3 Å². The molecule has 0 unspecified atom stereocenters. The van der Waals surface area contributed by atoms with Crippen LogP contribution in [0.3, 0.4) is 0 Å². The van der Waals surface area contributed by atoms with Gasteiger partial charge in [0.25, 0.3) is 15.9 Å². The third kappa shape index (κ3) is 6.60. The Morgan fingerprint density at radius 1 is 1.03 bits per heavy atom. The Balaban J connectivity index is 2.16. The van der Waals surface area contributed by atoms with Crippen LogP contribution in [0.4, 0.5) is 5.69 Å². The number of nitrogens with zero attached hydrogens (tertiary/aromatic N) is 1. The number of ether oxygens (including phenoxy) is 1. The monoisotopic (exact) mass is 467 g/mol. The van der Waals surface area contributed by atoms with E-state index in [1.165, 1.54) is 18.2 Å². The number of amides is 2. The van der Waals surface area contributed by atoms with E-state index in [0.29, 0.717) is 31.1 Å². The molecule has 0 bridgehead atoms. The van der Waals surface area contributed by atoms with Crippen molar-refractivity contribution >= 4 is 39.1 Å². The van der Waals surface area contributed by atoms with Crippen LogP contribution in [0.1, 0.15) is 31.1 Å². The number of carbonyl (C=O) groups excluding carboxylic acids is 2. The van der Waals surface area contributed by atoms with Gasteiger partial charge in [0.05, 0.1) is 28.6 Å². The van der Waals surface area contributed by atoms with Gasteiger partial charge < -0.3 is 15.0 Å². The lowest BCUT2D eigenvalue weighted by Crippen LogP contribution is -2.40. The normalized spacial score (nSPS) is 11.0. The molecule has 8 nitrogen and oxygen atoms in total. The summed E-state index contributed by atoms with van der Waals surface area (Å²) in [7, 11) is -3.97. The summed E-state index contributed by atoms with van der Waals surface area (Å²) in [5.41, 5.74) is 0.304. The molecule has 0 saturated carbocycles. The lowest BCUT2D eigenvalue weighted by atomic mass is 10.2. The zero-order valence-corrected chi connectivity index (χ0v) is 19.2. The fourth-order valence-electron chi connectivity index (χ4n) is 2.78. The van der Waals surface area contributed by atoms with Crippen molar-refractivity contribution in [1.29, 1.82) is 0 Å². The number of nitrogens with one attached hydrogen (secondary N) is 2. The molecule has 0 heterocycles. The van der Waals surface area contributed by atoms with Gasteiger partial charge in [0.2, 0.25) is 5.91 Å². The molecule has 0 aliphatic carbocycles. The Hall–Kier alpha value is -2.78. The molecule has 0 saturated heterocycles. The van der Waals surface area contributed by atoms with Crippen LogP contribution in [0, 0.1) is 0 Å². The number of carbonyl (C=O) groups is 2. The predicted molar refractivity (Wildman–Crippen MR) is 120 cm³/mol. The summed E-state index contributed by atoms with van der Waals surface area (Å²) in [6, 6.07) is 10.3. The maximum absolute atomic E-state index is 12.8. The molecule has 0 aliphatic heterocycles. The van der Waals surface area contributed by atoms with E-state index in [1.54, 1.807) is 29.2 Å². The minimum atomic E-state index is -3.97. The molecule has 0 radical (unpaired) electrons. The molecule has 2 aromatic rings. The van der Waals surface area contributed by atoms with Gasteiger partial charge in [0.1, 0.15) is 5.75 Å². The molecule has 31 heavy (non-hydrogen) atoms. The maximum Gasteiger partial charge on any atom is 0.261 e. The number of sulfonamides is 1. The van der Waals surface area contributed by atoms with Gasteiger partial charge in [-0.1, -0.05) is 11.6 Å². The van der Waals surface area contributed by atoms with Crippen molar-refractivity contribution in [3.8, 4) is 5.75 Å².